The number of benzene rings is 1. The van der Waals surface area contributed by atoms with Gasteiger partial charge < -0.3 is 14.2 Å². The van der Waals surface area contributed by atoms with E-state index in [2.05, 4.69) is 10.3 Å². The normalized spacial score (nSPS) is 12.1. The van der Waals surface area contributed by atoms with E-state index in [0.29, 0.717) is 17.2 Å². The summed E-state index contributed by atoms with van der Waals surface area (Å²) in [6.45, 7) is 1.79. The van der Waals surface area contributed by atoms with Gasteiger partial charge in [0, 0.05) is 20.2 Å². The van der Waals surface area contributed by atoms with Crippen molar-refractivity contribution < 1.29 is 14.1 Å². The molecule has 1 unspecified atom stereocenters. The van der Waals surface area contributed by atoms with E-state index in [1.165, 1.54) is 22.8 Å². The summed E-state index contributed by atoms with van der Waals surface area (Å²) < 4.78 is 12.6. The number of carbonyl (C=O) groups is 1. The zero-order chi connectivity index (χ0) is 19.4. The number of methoxy groups -OCH3 is 1. The highest BCUT2D eigenvalue weighted by Crippen LogP contribution is 2.16. The van der Waals surface area contributed by atoms with E-state index in [1.807, 2.05) is 25.1 Å². The molecule has 0 spiro atoms. The van der Waals surface area contributed by atoms with E-state index in [-0.39, 0.29) is 25.1 Å². The van der Waals surface area contributed by atoms with Gasteiger partial charge in [-0.1, -0.05) is 23.4 Å². The molecule has 0 radical (unpaired) electrons. The van der Waals surface area contributed by atoms with Crippen molar-refractivity contribution in [2.75, 3.05) is 14.2 Å². The van der Waals surface area contributed by atoms with Crippen molar-refractivity contribution in [2.24, 2.45) is 0 Å². The van der Waals surface area contributed by atoms with Gasteiger partial charge in [0.05, 0.1) is 11.7 Å². The molecule has 0 aliphatic carbocycles. The van der Waals surface area contributed by atoms with E-state index in [9.17, 15) is 9.59 Å². The van der Waals surface area contributed by atoms with E-state index in [0.717, 1.165) is 4.68 Å². The second kappa shape index (κ2) is 8.00. The quantitative estimate of drug-likeness (QED) is 0.623. The maximum absolute atomic E-state index is 12.8. The van der Waals surface area contributed by atoms with Crippen molar-refractivity contribution in [3.05, 3.63) is 64.7 Å². The molecule has 3 rings (SSSR count). The van der Waals surface area contributed by atoms with Gasteiger partial charge in [-0.25, -0.2) is 14.0 Å². The van der Waals surface area contributed by atoms with Crippen LogP contribution in [0.2, 0.25) is 0 Å². The number of hydrogen-bond acceptors (Lipinski definition) is 6. The molecule has 0 fully saturated rings. The fourth-order valence-electron chi connectivity index (χ4n) is 2.71. The van der Waals surface area contributed by atoms with Crippen LogP contribution in [0.15, 0.2) is 52.0 Å². The summed E-state index contributed by atoms with van der Waals surface area (Å²) in [5.74, 6) is 0.156. The van der Waals surface area contributed by atoms with Gasteiger partial charge in [-0.05, 0) is 19.1 Å². The molecule has 0 saturated heterocycles. The van der Waals surface area contributed by atoms with Crippen molar-refractivity contribution in [1.82, 2.24) is 24.4 Å². The van der Waals surface area contributed by atoms with Crippen LogP contribution in [0.1, 0.15) is 24.5 Å². The average molecular weight is 371 g/mol. The molecule has 2 aromatic heterocycles. The predicted molar refractivity (Wildman–Crippen MR) is 96.2 cm³/mol. The maximum Gasteiger partial charge on any atom is 0.351 e. The lowest BCUT2D eigenvalue weighted by Gasteiger charge is -2.22. The Morgan fingerprint density at radius 3 is 2.67 bits per heavy atom. The highest BCUT2D eigenvalue weighted by Gasteiger charge is 2.22. The summed E-state index contributed by atoms with van der Waals surface area (Å²) >= 11 is 0. The predicted octanol–water partition coefficient (Wildman–Crippen LogP) is 1.39. The first-order valence-corrected chi connectivity index (χ1v) is 8.42. The van der Waals surface area contributed by atoms with Gasteiger partial charge >= 0.3 is 5.69 Å². The summed E-state index contributed by atoms with van der Waals surface area (Å²) in [6, 6.07) is 10.5. The molecular formula is C18H21N5O4. The lowest BCUT2D eigenvalue weighted by atomic mass is 10.2. The Hall–Kier alpha value is -3.20. The van der Waals surface area contributed by atoms with Crippen LogP contribution in [0.3, 0.4) is 0 Å². The molecule has 1 atom stereocenters. The van der Waals surface area contributed by atoms with Crippen molar-refractivity contribution in [3.63, 3.8) is 0 Å². The fraction of sp³-hybridized carbons (Fsp3) is 0.333. The van der Waals surface area contributed by atoms with Crippen LogP contribution in [0.5, 0.6) is 0 Å². The lowest BCUT2D eigenvalue weighted by Crippen LogP contribution is -2.36. The molecule has 9 heteroatoms. The molecule has 0 N–H and O–H groups in total. The Balaban J connectivity index is 1.87. The largest absolute Gasteiger partial charge is 0.377 e. The molecule has 0 aliphatic rings. The molecule has 0 saturated carbocycles. The van der Waals surface area contributed by atoms with Gasteiger partial charge in [0.25, 0.3) is 0 Å². The second-order valence-electron chi connectivity index (χ2n) is 6.07. The minimum absolute atomic E-state index is 0.149. The van der Waals surface area contributed by atoms with E-state index < -0.39 is 5.69 Å². The Morgan fingerprint density at radius 1 is 1.30 bits per heavy atom. The average Bonchev–Trinajstić information content (AvgIpc) is 3.31. The van der Waals surface area contributed by atoms with Crippen LogP contribution in [0.25, 0.3) is 5.69 Å². The van der Waals surface area contributed by atoms with Crippen LogP contribution in [0.4, 0.5) is 0 Å². The fourth-order valence-corrected chi connectivity index (χ4v) is 2.71. The molecule has 9 nitrogen and oxygen atoms in total. The summed E-state index contributed by atoms with van der Waals surface area (Å²) in [6.07, 6.45) is 1.45. The molecule has 1 amide bonds. The third-order valence-electron chi connectivity index (χ3n) is 4.34. The van der Waals surface area contributed by atoms with Crippen molar-refractivity contribution in [1.29, 1.82) is 0 Å². The van der Waals surface area contributed by atoms with Crippen LogP contribution in [-0.4, -0.2) is 44.5 Å². The number of ether oxygens (including phenoxy) is 1. The zero-order valence-corrected chi connectivity index (χ0v) is 15.4. The van der Waals surface area contributed by atoms with Crippen molar-refractivity contribution in [3.8, 4) is 5.69 Å². The lowest BCUT2D eigenvalue weighted by molar-refractivity contribution is -0.132. The van der Waals surface area contributed by atoms with Crippen LogP contribution < -0.4 is 5.69 Å². The Kier molecular flexibility index (Phi) is 5.51. The smallest absolute Gasteiger partial charge is 0.351 e. The highest BCUT2D eigenvalue weighted by atomic mass is 16.5. The minimum atomic E-state index is -0.399. The number of para-hydroxylation sites is 1. The summed E-state index contributed by atoms with van der Waals surface area (Å²) in [4.78, 5) is 27.0. The first-order chi connectivity index (χ1) is 13.0. The molecule has 3 aromatic rings. The molecule has 0 aliphatic heterocycles. The summed E-state index contributed by atoms with van der Waals surface area (Å²) in [5, 5.41) is 8.13. The van der Waals surface area contributed by atoms with Gasteiger partial charge in [0.15, 0.2) is 5.82 Å². The summed E-state index contributed by atoms with van der Waals surface area (Å²) in [7, 11) is 3.17. The number of amides is 1. The minimum Gasteiger partial charge on any atom is -0.377 e. The van der Waals surface area contributed by atoms with E-state index in [4.69, 9.17) is 9.26 Å². The summed E-state index contributed by atoms with van der Waals surface area (Å²) in [5.41, 5.74) is 0.898. The Labute approximate surface area is 155 Å². The third-order valence-corrected chi connectivity index (χ3v) is 4.34. The van der Waals surface area contributed by atoms with Gasteiger partial charge in [-0.3, -0.25) is 4.79 Å². The number of carbonyl (C=O) groups excluding carboxylic acids is 1. The number of likely N-dealkylation sites (N-methyl/N-ethyl adjacent to an activating group) is 1. The van der Waals surface area contributed by atoms with Crippen molar-refractivity contribution >= 4 is 5.91 Å². The molecule has 2 heterocycles. The van der Waals surface area contributed by atoms with Gasteiger partial charge in [-0.15, -0.1) is 0 Å². The van der Waals surface area contributed by atoms with E-state index >= 15 is 0 Å². The molecule has 1 aromatic carbocycles. The number of aromatic nitrogens is 4. The van der Waals surface area contributed by atoms with Gasteiger partial charge in [-0.2, -0.15) is 5.10 Å². The number of rotatable bonds is 7. The molecule has 27 heavy (non-hydrogen) atoms. The maximum atomic E-state index is 12.8. The topological polar surface area (TPSA) is 95.4 Å². The van der Waals surface area contributed by atoms with Crippen molar-refractivity contribution in [2.45, 2.75) is 26.1 Å². The Bertz CT molecular complexity index is 946. The number of nitrogens with zero attached hydrogens (tertiary/aromatic N) is 5. The second-order valence-corrected chi connectivity index (χ2v) is 6.07. The van der Waals surface area contributed by atoms with Gasteiger partial charge in [0.2, 0.25) is 5.91 Å². The Morgan fingerprint density at radius 2 is 2.04 bits per heavy atom. The molecule has 142 valence electrons. The first-order valence-electron chi connectivity index (χ1n) is 8.42. The van der Waals surface area contributed by atoms with Crippen LogP contribution >= 0.6 is 0 Å². The van der Waals surface area contributed by atoms with Crippen LogP contribution in [0, 0.1) is 0 Å². The molecular weight excluding hydrogens is 350 g/mol. The van der Waals surface area contributed by atoms with E-state index in [1.54, 1.807) is 25.2 Å². The van der Waals surface area contributed by atoms with Crippen LogP contribution in [-0.2, 0) is 22.7 Å². The zero-order valence-electron chi connectivity index (χ0n) is 15.4. The SMILES string of the molecule is COCc1nn(CC(=O)N(C)C(C)c2ccon2)c(=O)n1-c1ccccc1. The highest BCUT2D eigenvalue weighted by molar-refractivity contribution is 5.76. The third kappa shape index (κ3) is 3.82. The number of hydrogen-bond donors (Lipinski definition) is 0. The van der Waals surface area contributed by atoms with Gasteiger partial charge in [0.1, 0.15) is 25.1 Å². The monoisotopic (exact) mass is 371 g/mol. The standard InChI is InChI=1S/C18H21N5O4/c1-13(15-9-10-27-20-15)21(2)17(24)11-22-18(25)23(16(19-22)12-26-3)14-7-5-4-6-8-14/h4-10,13H,11-12H2,1-3H3. The molecule has 0 bridgehead atoms. The first kappa shape index (κ1) is 18.6.